The van der Waals surface area contributed by atoms with Gasteiger partial charge in [0.25, 0.3) is 0 Å². The van der Waals surface area contributed by atoms with Gasteiger partial charge in [0.15, 0.2) is 0 Å². The van der Waals surface area contributed by atoms with Crippen LogP contribution >= 0.6 is 7.60 Å². The Hall–Kier alpha value is -1.77. The van der Waals surface area contributed by atoms with E-state index in [1.807, 2.05) is 36.4 Å². The highest BCUT2D eigenvalue weighted by Gasteiger charge is 2.40. The molecule has 0 aliphatic carbocycles. The first-order valence-corrected chi connectivity index (χ1v) is 8.70. The second kappa shape index (κ2) is 6.33. The first-order chi connectivity index (χ1) is 10.3. The van der Waals surface area contributed by atoms with Crippen molar-refractivity contribution in [3.8, 4) is 11.5 Å². The Morgan fingerprint density at radius 3 is 1.86 bits per heavy atom. The van der Waals surface area contributed by atoms with Crippen LogP contribution in [-0.2, 0) is 4.57 Å². The number of para-hydroxylation sites is 2. The molecule has 1 atom stereocenters. The van der Waals surface area contributed by atoms with Crippen LogP contribution in [0.1, 0.15) is 12.8 Å². The first kappa shape index (κ1) is 14.2. The Bertz CT molecular complexity index is 566. The van der Waals surface area contributed by atoms with Gasteiger partial charge in [-0.2, -0.15) is 0 Å². The van der Waals surface area contributed by atoms with E-state index in [-0.39, 0.29) is 5.78 Å². The molecule has 5 heteroatoms. The summed E-state index contributed by atoms with van der Waals surface area (Å²) in [7, 11) is -3.32. The van der Waals surface area contributed by atoms with E-state index in [9.17, 15) is 4.57 Å². The maximum absolute atomic E-state index is 13.2. The molecular formula is C16H18NO3P. The van der Waals surface area contributed by atoms with Crippen LogP contribution in [0.25, 0.3) is 0 Å². The highest BCUT2D eigenvalue weighted by molar-refractivity contribution is 7.55. The lowest BCUT2D eigenvalue weighted by molar-refractivity contribution is 0.366. The highest BCUT2D eigenvalue weighted by Crippen LogP contribution is 2.54. The summed E-state index contributed by atoms with van der Waals surface area (Å²) in [6, 6.07) is 18.3. The molecule has 0 bridgehead atoms. The third-order valence-corrected chi connectivity index (χ3v) is 5.50. The second-order valence-electron chi connectivity index (χ2n) is 4.96. The van der Waals surface area contributed by atoms with Crippen molar-refractivity contribution in [2.45, 2.75) is 18.6 Å². The minimum absolute atomic E-state index is 0.266. The summed E-state index contributed by atoms with van der Waals surface area (Å²) in [4.78, 5) is 0. The molecule has 1 aliphatic rings. The Labute approximate surface area is 124 Å². The van der Waals surface area contributed by atoms with Crippen LogP contribution in [0, 0.1) is 0 Å². The van der Waals surface area contributed by atoms with E-state index in [0.717, 1.165) is 19.4 Å². The molecule has 0 saturated carbocycles. The third-order valence-electron chi connectivity index (χ3n) is 3.37. The van der Waals surface area contributed by atoms with Gasteiger partial charge in [-0.15, -0.1) is 0 Å². The van der Waals surface area contributed by atoms with Crippen LogP contribution in [0.4, 0.5) is 0 Å². The number of benzene rings is 2. The van der Waals surface area contributed by atoms with Gasteiger partial charge in [0.2, 0.25) is 0 Å². The van der Waals surface area contributed by atoms with Crippen molar-refractivity contribution in [3.05, 3.63) is 60.7 Å². The number of rotatable bonds is 5. The Morgan fingerprint density at radius 1 is 0.905 bits per heavy atom. The normalized spacial score (nSPS) is 18.4. The minimum atomic E-state index is -3.32. The van der Waals surface area contributed by atoms with E-state index < -0.39 is 7.60 Å². The quantitative estimate of drug-likeness (QED) is 0.847. The summed E-state index contributed by atoms with van der Waals surface area (Å²) >= 11 is 0. The van der Waals surface area contributed by atoms with E-state index in [0.29, 0.717) is 11.5 Å². The Kier molecular flexibility index (Phi) is 4.28. The van der Waals surface area contributed by atoms with Gasteiger partial charge in [0, 0.05) is 0 Å². The lowest BCUT2D eigenvalue weighted by Crippen LogP contribution is -2.26. The van der Waals surface area contributed by atoms with E-state index in [1.165, 1.54) is 0 Å². The monoisotopic (exact) mass is 303 g/mol. The maximum atomic E-state index is 13.2. The second-order valence-corrected chi connectivity index (χ2v) is 7.03. The largest absolute Gasteiger partial charge is 0.447 e. The van der Waals surface area contributed by atoms with E-state index in [2.05, 4.69) is 5.32 Å². The molecule has 1 fully saturated rings. The highest BCUT2D eigenvalue weighted by atomic mass is 31.2. The zero-order valence-corrected chi connectivity index (χ0v) is 12.5. The molecule has 0 aromatic heterocycles. The predicted molar refractivity (Wildman–Crippen MR) is 82.8 cm³/mol. The van der Waals surface area contributed by atoms with Crippen LogP contribution < -0.4 is 14.4 Å². The fourth-order valence-electron chi connectivity index (χ4n) is 2.34. The number of hydrogen-bond acceptors (Lipinski definition) is 4. The fourth-order valence-corrected chi connectivity index (χ4v) is 4.31. The molecule has 3 rings (SSSR count). The molecule has 1 heterocycles. The van der Waals surface area contributed by atoms with Gasteiger partial charge in [0.05, 0.1) is 0 Å². The minimum Gasteiger partial charge on any atom is -0.415 e. The molecule has 2 aromatic carbocycles. The van der Waals surface area contributed by atoms with Crippen molar-refractivity contribution in [2.24, 2.45) is 0 Å². The lowest BCUT2D eigenvalue weighted by Gasteiger charge is -2.24. The van der Waals surface area contributed by atoms with Gasteiger partial charge in [-0.25, -0.2) is 4.57 Å². The fraction of sp³-hybridized carbons (Fsp3) is 0.250. The summed E-state index contributed by atoms with van der Waals surface area (Å²) in [5, 5.41) is 3.22. The SMILES string of the molecule is O=P(Oc1ccccc1)(Oc1ccccc1)[C@@H]1CCCN1. The summed E-state index contributed by atoms with van der Waals surface area (Å²) < 4.78 is 24.8. The molecule has 4 nitrogen and oxygen atoms in total. The van der Waals surface area contributed by atoms with Crippen LogP contribution in [-0.4, -0.2) is 12.3 Å². The van der Waals surface area contributed by atoms with Crippen molar-refractivity contribution in [1.29, 1.82) is 0 Å². The molecule has 0 spiro atoms. The molecule has 0 amide bonds. The molecule has 0 radical (unpaired) electrons. The molecule has 1 aliphatic heterocycles. The molecule has 2 aromatic rings. The van der Waals surface area contributed by atoms with Gasteiger partial charge in [-0.3, -0.25) is 0 Å². The van der Waals surface area contributed by atoms with Crippen molar-refractivity contribution in [1.82, 2.24) is 5.32 Å². The van der Waals surface area contributed by atoms with Crippen molar-refractivity contribution >= 4 is 7.60 Å². The smallest absolute Gasteiger partial charge is 0.415 e. The first-order valence-electron chi connectivity index (χ1n) is 7.09. The lowest BCUT2D eigenvalue weighted by atomic mass is 10.3. The van der Waals surface area contributed by atoms with E-state index >= 15 is 0 Å². The van der Waals surface area contributed by atoms with Crippen molar-refractivity contribution in [3.63, 3.8) is 0 Å². The average molecular weight is 303 g/mol. The zero-order chi connectivity index (χ0) is 14.5. The van der Waals surface area contributed by atoms with E-state index in [4.69, 9.17) is 9.05 Å². The summed E-state index contributed by atoms with van der Waals surface area (Å²) in [5.74, 6) is 0.855. The Morgan fingerprint density at radius 2 is 1.43 bits per heavy atom. The third kappa shape index (κ3) is 3.46. The predicted octanol–water partition coefficient (Wildman–Crippen LogP) is 4.05. The van der Waals surface area contributed by atoms with Gasteiger partial charge in [-0.05, 0) is 43.7 Å². The molecule has 1 N–H and O–H groups in total. The molecular weight excluding hydrogens is 285 g/mol. The van der Waals surface area contributed by atoms with Crippen LogP contribution in [0.3, 0.4) is 0 Å². The van der Waals surface area contributed by atoms with Gasteiger partial charge >= 0.3 is 7.60 Å². The van der Waals surface area contributed by atoms with Crippen molar-refractivity contribution in [2.75, 3.05) is 6.54 Å². The van der Waals surface area contributed by atoms with Crippen LogP contribution in [0.5, 0.6) is 11.5 Å². The summed E-state index contributed by atoms with van der Waals surface area (Å²) in [6.45, 7) is 0.838. The molecule has 0 unspecified atom stereocenters. The number of nitrogens with one attached hydrogen (secondary N) is 1. The van der Waals surface area contributed by atoms with E-state index in [1.54, 1.807) is 24.3 Å². The summed E-state index contributed by atoms with van der Waals surface area (Å²) in [5.41, 5.74) is 0. The average Bonchev–Trinajstić information content (AvgIpc) is 3.04. The van der Waals surface area contributed by atoms with Gasteiger partial charge < -0.3 is 14.4 Å². The molecule has 21 heavy (non-hydrogen) atoms. The van der Waals surface area contributed by atoms with Crippen molar-refractivity contribution < 1.29 is 13.6 Å². The topological polar surface area (TPSA) is 47.6 Å². The number of hydrogen-bond donors (Lipinski definition) is 1. The molecule has 110 valence electrons. The zero-order valence-electron chi connectivity index (χ0n) is 11.6. The molecule has 1 saturated heterocycles. The van der Waals surface area contributed by atoms with Crippen LogP contribution in [0.15, 0.2) is 60.7 Å². The van der Waals surface area contributed by atoms with Crippen LogP contribution in [0.2, 0.25) is 0 Å². The maximum Gasteiger partial charge on any atom is 0.447 e. The Balaban J connectivity index is 1.85. The van der Waals surface area contributed by atoms with Gasteiger partial charge in [-0.1, -0.05) is 36.4 Å². The summed E-state index contributed by atoms with van der Waals surface area (Å²) in [6.07, 6.45) is 1.77. The standard InChI is InChI=1S/C16H18NO3P/c18-21(16-12-7-13-17-16,19-14-8-3-1-4-9-14)20-15-10-5-2-6-11-15/h1-6,8-11,16-17H,7,12-13H2/t16-/m1/s1. The van der Waals surface area contributed by atoms with Gasteiger partial charge in [0.1, 0.15) is 17.3 Å².